The van der Waals surface area contributed by atoms with Crippen LogP contribution in [0.4, 0.5) is 0 Å². The number of hydrogen-bond acceptors (Lipinski definition) is 10. The predicted molar refractivity (Wildman–Crippen MR) is 132 cm³/mol. The van der Waals surface area contributed by atoms with Gasteiger partial charge in [-0.15, -0.1) is 0 Å². The number of fused-ring (bicyclic) bond motifs is 1. The lowest BCUT2D eigenvalue weighted by Gasteiger charge is -2.16. The Bertz CT molecular complexity index is 1190. The first kappa shape index (κ1) is 26.1. The Morgan fingerprint density at radius 3 is 1.76 bits per heavy atom. The van der Waals surface area contributed by atoms with Crippen LogP contribution in [0.25, 0.3) is 12.2 Å². The van der Waals surface area contributed by atoms with Crippen LogP contribution < -0.4 is 14.2 Å². The molecule has 2 saturated heterocycles. The van der Waals surface area contributed by atoms with Crippen molar-refractivity contribution in [1.82, 2.24) is 0 Å². The fourth-order valence-electron chi connectivity index (χ4n) is 4.09. The maximum atomic E-state index is 12.4. The van der Waals surface area contributed by atoms with Crippen LogP contribution >= 0.6 is 0 Å². The van der Waals surface area contributed by atoms with Gasteiger partial charge in [-0.25, -0.2) is 9.59 Å². The molecule has 37 heavy (non-hydrogen) atoms. The Balaban J connectivity index is 1.29. The van der Waals surface area contributed by atoms with Crippen LogP contribution in [0.3, 0.4) is 0 Å². The van der Waals surface area contributed by atoms with E-state index in [0.717, 1.165) is 5.56 Å². The van der Waals surface area contributed by atoms with Gasteiger partial charge in [-0.05, 0) is 47.5 Å². The Morgan fingerprint density at radius 2 is 1.24 bits per heavy atom. The van der Waals surface area contributed by atoms with E-state index in [-0.39, 0.29) is 19.0 Å². The molecule has 0 aromatic heterocycles. The molecule has 10 heteroatoms. The molecular weight excluding hydrogens is 484 g/mol. The second kappa shape index (κ2) is 11.8. The highest BCUT2D eigenvalue weighted by Crippen LogP contribution is 2.32. The molecule has 0 spiro atoms. The summed E-state index contributed by atoms with van der Waals surface area (Å²) >= 11 is 0. The zero-order valence-corrected chi connectivity index (χ0v) is 20.6. The van der Waals surface area contributed by atoms with Gasteiger partial charge in [-0.1, -0.05) is 12.1 Å². The molecule has 0 saturated carbocycles. The fourth-order valence-corrected chi connectivity index (χ4v) is 4.09. The molecule has 2 aromatic rings. The number of rotatable bonds is 9. The molecule has 196 valence electrons. The second-order valence-corrected chi connectivity index (χ2v) is 8.26. The number of aromatic hydroxyl groups is 1. The summed E-state index contributed by atoms with van der Waals surface area (Å²) in [6.45, 7) is 0.250. The first-order valence-electron chi connectivity index (χ1n) is 11.5. The van der Waals surface area contributed by atoms with Crippen LogP contribution in [0, 0.1) is 0 Å². The van der Waals surface area contributed by atoms with Gasteiger partial charge in [0.05, 0.1) is 34.5 Å². The zero-order valence-electron chi connectivity index (χ0n) is 20.6. The van der Waals surface area contributed by atoms with Gasteiger partial charge in [0.25, 0.3) is 0 Å². The molecule has 4 rings (SSSR count). The zero-order chi connectivity index (χ0) is 26.4. The maximum Gasteiger partial charge on any atom is 0.331 e. The van der Waals surface area contributed by atoms with Gasteiger partial charge >= 0.3 is 11.9 Å². The van der Waals surface area contributed by atoms with Crippen molar-refractivity contribution in [1.29, 1.82) is 0 Å². The molecule has 2 aromatic carbocycles. The first-order valence-corrected chi connectivity index (χ1v) is 11.5. The highest BCUT2D eigenvalue weighted by Gasteiger charge is 2.51. The third-order valence-electron chi connectivity index (χ3n) is 5.93. The summed E-state index contributed by atoms with van der Waals surface area (Å²) in [5.74, 6) is 0.287. The largest absolute Gasteiger partial charge is 0.504 e. The van der Waals surface area contributed by atoms with Gasteiger partial charge in [-0.3, -0.25) is 0 Å². The van der Waals surface area contributed by atoms with E-state index in [0.29, 0.717) is 22.8 Å². The van der Waals surface area contributed by atoms with Crippen molar-refractivity contribution in [3.8, 4) is 23.0 Å². The average Bonchev–Trinajstić information content (AvgIpc) is 3.49. The number of benzene rings is 2. The van der Waals surface area contributed by atoms with E-state index in [9.17, 15) is 14.7 Å². The number of esters is 2. The van der Waals surface area contributed by atoms with Crippen LogP contribution in [0.15, 0.2) is 48.6 Å². The summed E-state index contributed by atoms with van der Waals surface area (Å²) < 4.78 is 38.0. The number of methoxy groups -OCH3 is 3. The minimum absolute atomic E-state index is 0.00135. The topological polar surface area (TPSA) is 119 Å². The molecule has 1 N–H and O–H groups in total. The van der Waals surface area contributed by atoms with Gasteiger partial charge in [0.15, 0.2) is 35.2 Å². The third kappa shape index (κ3) is 6.22. The lowest BCUT2D eigenvalue weighted by molar-refractivity contribution is -0.149. The normalized spacial score (nSPS) is 22.7. The maximum absolute atomic E-state index is 12.4. The van der Waals surface area contributed by atoms with Crippen LogP contribution in [0.5, 0.6) is 23.0 Å². The fraction of sp³-hybridized carbons (Fsp3) is 0.333. The van der Waals surface area contributed by atoms with Gasteiger partial charge < -0.3 is 38.3 Å². The van der Waals surface area contributed by atoms with E-state index in [1.165, 1.54) is 32.4 Å². The van der Waals surface area contributed by atoms with Crippen LogP contribution in [0.1, 0.15) is 11.1 Å². The van der Waals surface area contributed by atoms with Crippen molar-refractivity contribution in [2.24, 2.45) is 0 Å². The van der Waals surface area contributed by atoms with E-state index in [1.54, 1.807) is 49.6 Å². The van der Waals surface area contributed by atoms with Crippen molar-refractivity contribution in [3.05, 3.63) is 59.7 Å². The molecule has 0 amide bonds. The summed E-state index contributed by atoms with van der Waals surface area (Å²) in [7, 11) is 4.52. The lowest BCUT2D eigenvalue weighted by Crippen LogP contribution is -2.35. The summed E-state index contributed by atoms with van der Waals surface area (Å²) in [4.78, 5) is 24.7. The molecule has 10 nitrogen and oxygen atoms in total. The van der Waals surface area contributed by atoms with Crippen LogP contribution in [0.2, 0.25) is 0 Å². The number of hydrogen-bond donors (Lipinski definition) is 1. The van der Waals surface area contributed by atoms with Crippen molar-refractivity contribution >= 4 is 24.1 Å². The smallest absolute Gasteiger partial charge is 0.331 e. The minimum atomic E-state index is -0.637. The van der Waals surface area contributed by atoms with E-state index >= 15 is 0 Å². The lowest BCUT2D eigenvalue weighted by atomic mass is 10.1. The predicted octanol–water partition coefficient (Wildman–Crippen LogP) is 2.77. The molecular formula is C27H28O10. The number of carbonyl (C=O) groups is 2. The molecule has 2 aliphatic heterocycles. The second-order valence-electron chi connectivity index (χ2n) is 8.26. The summed E-state index contributed by atoms with van der Waals surface area (Å²) in [6.07, 6.45) is 3.38. The Morgan fingerprint density at radius 1 is 0.757 bits per heavy atom. The van der Waals surface area contributed by atoms with E-state index in [1.807, 2.05) is 0 Å². The van der Waals surface area contributed by atoms with Gasteiger partial charge in [-0.2, -0.15) is 0 Å². The SMILES string of the molecule is COc1cc(/C=C/C(=O)OC2COC3C(OC(=O)/C=C/c4ccc(OC)c(OC)c4)COC23)ccc1O. The molecule has 0 radical (unpaired) electrons. The van der Waals surface area contributed by atoms with Crippen molar-refractivity contribution in [2.75, 3.05) is 34.5 Å². The van der Waals surface area contributed by atoms with Gasteiger partial charge in [0.1, 0.15) is 12.2 Å². The molecule has 2 heterocycles. The number of phenolic OH excluding ortho intramolecular Hbond substituents is 1. The van der Waals surface area contributed by atoms with Crippen LogP contribution in [-0.4, -0.2) is 76.0 Å². The number of phenols is 1. The number of carbonyl (C=O) groups excluding carboxylic acids is 2. The monoisotopic (exact) mass is 512 g/mol. The Kier molecular flexibility index (Phi) is 8.32. The summed E-state index contributed by atoms with van der Waals surface area (Å²) in [5.41, 5.74) is 1.38. The highest BCUT2D eigenvalue weighted by molar-refractivity contribution is 5.88. The van der Waals surface area contributed by atoms with Gasteiger partial charge in [0, 0.05) is 12.2 Å². The Labute approximate surface area is 213 Å². The summed E-state index contributed by atoms with van der Waals surface area (Å²) in [6, 6.07) is 9.95. The Hall–Kier alpha value is -4.02. The standard InChI is InChI=1S/C27H28O10/c1-31-19-9-5-17(13-21(19)33-3)7-11-25(30)37-23-15-35-26-22(14-34-27(23)26)36-24(29)10-6-16-4-8-18(28)20(12-16)32-2/h4-13,22-23,26-28H,14-15H2,1-3H3/b10-6+,11-7+. The third-order valence-corrected chi connectivity index (χ3v) is 5.93. The quantitative estimate of drug-likeness (QED) is 0.397. The highest BCUT2D eigenvalue weighted by atomic mass is 16.7. The summed E-state index contributed by atoms with van der Waals surface area (Å²) in [5, 5.41) is 9.67. The van der Waals surface area contributed by atoms with E-state index in [2.05, 4.69) is 0 Å². The molecule has 0 aliphatic carbocycles. The van der Waals surface area contributed by atoms with Crippen LogP contribution in [-0.2, 0) is 28.5 Å². The first-order chi connectivity index (χ1) is 17.9. The van der Waals surface area contributed by atoms with E-state index < -0.39 is 36.4 Å². The van der Waals surface area contributed by atoms with Crippen molar-refractivity contribution in [3.63, 3.8) is 0 Å². The van der Waals surface area contributed by atoms with E-state index in [4.69, 9.17) is 33.2 Å². The minimum Gasteiger partial charge on any atom is -0.504 e. The van der Waals surface area contributed by atoms with Crippen molar-refractivity contribution < 1.29 is 47.9 Å². The number of ether oxygens (including phenoxy) is 7. The van der Waals surface area contributed by atoms with Crippen molar-refractivity contribution in [2.45, 2.75) is 24.4 Å². The molecule has 2 aliphatic rings. The molecule has 4 unspecified atom stereocenters. The average molecular weight is 513 g/mol. The molecule has 4 atom stereocenters. The van der Waals surface area contributed by atoms with Gasteiger partial charge in [0.2, 0.25) is 0 Å². The molecule has 0 bridgehead atoms. The molecule has 2 fully saturated rings.